The van der Waals surface area contributed by atoms with Gasteiger partial charge in [-0.15, -0.1) is 0 Å². The van der Waals surface area contributed by atoms with Crippen molar-refractivity contribution in [2.75, 3.05) is 19.6 Å². The number of carbonyl (C=O) groups is 3. The lowest BCUT2D eigenvalue weighted by Crippen LogP contribution is -2.39. The molecule has 0 spiro atoms. The summed E-state index contributed by atoms with van der Waals surface area (Å²) in [4.78, 5) is 37.4. The highest BCUT2D eigenvalue weighted by atomic mass is 16.4. The molecular weight excluding hydrogens is 356 g/mol. The van der Waals surface area contributed by atoms with E-state index in [1.54, 1.807) is 12.1 Å². The van der Waals surface area contributed by atoms with Crippen LogP contribution in [-0.4, -0.2) is 47.4 Å². The number of nitrogens with one attached hydrogen (secondary N) is 1. The molecule has 0 atom stereocenters. The van der Waals surface area contributed by atoms with Crippen LogP contribution in [0, 0.1) is 11.3 Å². The van der Waals surface area contributed by atoms with Gasteiger partial charge in [-0.1, -0.05) is 39.0 Å². The molecule has 6 nitrogen and oxygen atoms in total. The Bertz CT molecular complexity index is 701. The average Bonchev–Trinajstić information content (AvgIpc) is 2.65. The zero-order chi connectivity index (χ0) is 20.7. The van der Waals surface area contributed by atoms with Gasteiger partial charge in [-0.3, -0.25) is 9.59 Å². The average molecular weight is 389 g/mol. The predicted octanol–water partition coefficient (Wildman–Crippen LogP) is 3.11. The lowest BCUT2D eigenvalue weighted by atomic mass is 9.88. The van der Waals surface area contributed by atoms with E-state index in [0.717, 1.165) is 24.8 Å². The topological polar surface area (TPSA) is 86.7 Å². The number of carboxylic acids is 1. The second-order valence-corrected chi connectivity index (χ2v) is 8.60. The number of aromatic carboxylic acids is 1. The number of carbonyl (C=O) groups excluding carboxylic acids is 2. The molecule has 28 heavy (non-hydrogen) atoms. The van der Waals surface area contributed by atoms with Crippen LogP contribution in [0.25, 0.3) is 0 Å². The molecule has 1 aromatic carbocycles. The van der Waals surface area contributed by atoms with Crippen LogP contribution in [-0.2, 0) is 16.0 Å². The van der Waals surface area contributed by atoms with Gasteiger partial charge in [-0.05, 0) is 43.2 Å². The number of amides is 2. The summed E-state index contributed by atoms with van der Waals surface area (Å²) in [6.45, 7) is 7.55. The molecule has 0 radical (unpaired) electrons. The molecule has 2 N–H and O–H groups in total. The summed E-state index contributed by atoms with van der Waals surface area (Å²) < 4.78 is 0. The second kappa shape index (κ2) is 9.71. The van der Waals surface area contributed by atoms with Crippen LogP contribution >= 0.6 is 0 Å². The Hall–Kier alpha value is -2.37. The third-order valence-corrected chi connectivity index (χ3v) is 5.26. The van der Waals surface area contributed by atoms with Gasteiger partial charge in [-0.2, -0.15) is 0 Å². The molecule has 0 aromatic heterocycles. The van der Waals surface area contributed by atoms with Crippen LogP contribution in [0.1, 0.15) is 62.4 Å². The third-order valence-electron chi connectivity index (χ3n) is 5.26. The Morgan fingerprint density at radius 2 is 1.79 bits per heavy atom. The zero-order valence-electron chi connectivity index (χ0n) is 17.2. The molecule has 6 heteroatoms. The molecule has 0 aliphatic carbocycles. The van der Waals surface area contributed by atoms with E-state index in [-0.39, 0.29) is 11.8 Å². The van der Waals surface area contributed by atoms with E-state index in [1.807, 2.05) is 37.8 Å². The first-order valence-electron chi connectivity index (χ1n) is 10.1. The maximum atomic E-state index is 12.4. The normalized spacial score (nSPS) is 15.3. The molecule has 0 unspecified atom stereocenters. The summed E-state index contributed by atoms with van der Waals surface area (Å²) >= 11 is 0. The van der Waals surface area contributed by atoms with Crippen LogP contribution in [0.4, 0.5) is 0 Å². The summed E-state index contributed by atoms with van der Waals surface area (Å²) in [6, 6.07) is 7.15. The molecule has 0 saturated carbocycles. The minimum Gasteiger partial charge on any atom is -0.478 e. The van der Waals surface area contributed by atoms with Crippen molar-refractivity contribution in [1.29, 1.82) is 0 Å². The van der Waals surface area contributed by atoms with Crippen molar-refractivity contribution in [3.63, 3.8) is 0 Å². The highest BCUT2D eigenvalue weighted by molar-refractivity contribution is 5.89. The van der Waals surface area contributed by atoms with Gasteiger partial charge >= 0.3 is 5.97 Å². The first kappa shape index (κ1) is 21.9. The fraction of sp³-hybridized carbons (Fsp3) is 0.591. The Kier molecular flexibility index (Phi) is 7.61. The summed E-state index contributed by atoms with van der Waals surface area (Å²) in [5.41, 5.74) is 0.832. The van der Waals surface area contributed by atoms with E-state index >= 15 is 0 Å². The number of benzene rings is 1. The maximum absolute atomic E-state index is 12.4. The van der Waals surface area contributed by atoms with Gasteiger partial charge in [0.1, 0.15) is 0 Å². The van der Waals surface area contributed by atoms with Gasteiger partial charge in [0, 0.05) is 31.5 Å². The van der Waals surface area contributed by atoms with Crippen LogP contribution in [0.3, 0.4) is 0 Å². The number of carboxylic acid groups (broad SMARTS) is 1. The molecule has 2 rings (SSSR count). The van der Waals surface area contributed by atoms with E-state index in [1.165, 1.54) is 0 Å². The fourth-order valence-electron chi connectivity index (χ4n) is 3.47. The highest BCUT2D eigenvalue weighted by Gasteiger charge is 2.24. The standard InChI is InChI=1S/C22H32N2O4/c1-22(2,3)21(28)23-12-6-9-19(25)24-13-10-16(11-14-24)15-17-7-4-5-8-18(17)20(26)27/h4-5,7-8,16H,6,9-15H2,1-3H3,(H,23,28)(H,26,27). The van der Waals surface area contributed by atoms with Crippen LogP contribution < -0.4 is 5.32 Å². The summed E-state index contributed by atoms with van der Waals surface area (Å²) in [7, 11) is 0. The number of hydrogen-bond acceptors (Lipinski definition) is 3. The molecule has 1 heterocycles. The van der Waals surface area contributed by atoms with Gasteiger partial charge < -0.3 is 15.3 Å². The van der Waals surface area contributed by atoms with Gasteiger partial charge in [0.2, 0.25) is 11.8 Å². The number of piperidine rings is 1. The molecule has 154 valence electrons. The third kappa shape index (κ3) is 6.36. The van der Waals surface area contributed by atoms with Crippen molar-refractivity contribution in [3.05, 3.63) is 35.4 Å². The van der Waals surface area contributed by atoms with Crippen molar-refractivity contribution >= 4 is 17.8 Å². The Labute approximate surface area is 167 Å². The zero-order valence-corrected chi connectivity index (χ0v) is 17.2. The van der Waals surface area contributed by atoms with E-state index in [2.05, 4.69) is 5.32 Å². The quantitative estimate of drug-likeness (QED) is 0.703. The van der Waals surface area contributed by atoms with Crippen molar-refractivity contribution in [1.82, 2.24) is 10.2 Å². The molecule has 1 aliphatic rings. The van der Waals surface area contributed by atoms with Gasteiger partial charge in [0.05, 0.1) is 5.56 Å². The van der Waals surface area contributed by atoms with Crippen molar-refractivity contribution in [3.8, 4) is 0 Å². The molecule has 1 aromatic rings. The van der Waals surface area contributed by atoms with Crippen LogP contribution in [0.2, 0.25) is 0 Å². The maximum Gasteiger partial charge on any atom is 0.335 e. The molecule has 1 saturated heterocycles. The summed E-state index contributed by atoms with van der Waals surface area (Å²) in [5.74, 6) is -0.353. The Morgan fingerprint density at radius 3 is 2.39 bits per heavy atom. The summed E-state index contributed by atoms with van der Waals surface area (Å²) in [5, 5.41) is 12.2. The Morgan fingerprint density at radius 1 is 1.14 bits per heavy atom. The van der Waals surface area contributed by atoms with Gasteiger partial charge in [0.25, 0.3) is 0 Å². The molecule has 1 aliphatic heterocycles. The minimum atomic E-state index is -0.887. The monoisotopic (exact) mass is 388 g/mol. The van der Waals surface area contributed by atoms with E-state index < -0.39 is 11.4 Å². The van der Waals surface area contributed by atoms with Crippen molar-refractivity contribution in [2.45, 2.75) is 52.9 Å². The molecule has 0 bridgehead atoms. The lowest BCUT2D eigenvalue weighted by molar-refractivity contribution is -0.133. The van der Waals surface area contributed by atoms with Crippen molar-refractivity contribution < 1.29 is 19.5 Å². The van der Waals surface area contributed by atoms with E-state index in [4.69, 9.17) is 0 Å². The fourth-order valence-corrected chi connectivity index (χ4v) is 3.47. The van der Waals surface area contributed by atoms with Crippen LogP contribution in [0.15, 0.2) is 24.3 Å². The van der Waals surface area contributed by atoms with Crippen molar-refractivity contribution in [2.24, 2.45) is 11.3 Å². The van der Waals surface area contributed by atoms with Gasteiger partial charge in [-0.25, -0.2) is 4.79 Å². The predicted molar refractivity (Wildman–Crippen MR) is 108 cm³/mol. The molecule has 2 amide bonds. The minimum absolute atomic E-state index is 0.00223. The first-order valence-corrected chi connectivity index (χ1v) is 10.1. The van der Waals surface area contributed by atoms with E-state index in [9.17, 15) is 19.5 Å². The number of likely N-dealkylation sites (tertiary alicyclic amines) is 1. The smallest absolute Gasteiger partial charge is 0.335 e. The lowest BCUT2D eigenvalue weighted by Gasteiger charge is -2.32. The van der Waals surface area contributed by atoms with Crippen LogP contribution in [0.5, 0.6) is 0 Å². The van der Waals surface area contributed by atoms with E-state index in [0.29, 0.717) is 44.0 Å². The molecular formula is C22H32N2O4. The number of rotatable bonds is 7. The first-order chi connectivity index (χ1) is 13.2. The summed E-state index contributed by atoms with van der Waals surface area (Å²) in [6.07, 6.45) is 3.60. The van der Waals surface area contributed by atoms with Gasteiger partial charge in [0.15, 0.2) is 0 Å². The SMILES string of the molecule is CC(C)(C)C(=O)NCCCC(=O)N1CCC(Cc2ccccc2C(=O)O)CC1. The Balaban J connectivity index is 1.72. The highest BCUT2D eigenvalue weighted by Crippen LogP contribution is 2.24. The molecule has 1 fully saturated rings. The number of nitrogens with zero attached hydrogens (tertiary/aromatic N) is 1. The number of hydrogen-bond donors (Lipinski definition) is 2. The largest absolute Gasteiger partial charge is 0.478 e. The second-order valence-electron chi connectivity index (χ2n) is 8.60.